The first kappa shape index (κ1) is 17.5. The second-order valence-electron chi connectivity index (χ2n) is 4.79. The minimum absolute atomic E-state index is 0.00476. The highest BCUT2D eigenvalue weighted by Crippen LogP contribution is 2.31. The Bertz CT molecular complexity index is 753. The van der Waals surface area contributed by atoms with E-state index in [1.807, 2.05) is 0 Å². The monoisotopic (exact) mass is 338 g/mol. The Morgan fingerprint density at radius 2 is 1.75 bits per heavy atom. The van der Waals surface area contributed by atoms with E-state index < -0.39 is 23.5 Å². The summed E-state index contributed by atoms with van der Waals surface area (Å²) in [5, 5.41) is 0. The predicted molar refractivity (Wildman–Crippen MR) is 78.6 cm³/mol. The van der Waals surface area contributed by atoms with E-state index in [0.717, 1.165) is 19.2 Å². The summed E-state index contributed by atoms with van der Waals surface area (Å²) in [7, 11) is 1.09. The number of carbonyl (C=O) groups is 2. The molecule has 0 radical (unpaired) electrons. The number of halogens is 3. The van der Waals surface area contributed by atoms with Gasteiger partial charge in [-0.2, -0.15) is 13.2 Å². The van der Waals surface area contributed by atoms with Crippen LogP contribution in [0.5, 0.6) is 5.75 Å². The van der Waals surface area contributed by atoms with Gasteiger partial charge in [0.15, 0.2) is 0 Å². The van der Waals surface area contributed by atoms with Gasteiger partial charge in [0, 0.05) is 11.1 Å². The third-order valence-electron chi connectivity index (χ3n) is 3.19. The molecular weight excluding hydrogens is 325 g/mol. The van der Waals surface area contributed by atoms with E-state index in [1.165, 1.54) is 18.2 Å². The number of Topliss-reactive ketones (excluding diaryl/α,β-unsaturated/α-hetero) is 1. The van der Waals surface area contributed by atoms with Crippen LogP contribution in [0, 0.1) is 0 Å². The third-order valence-corrected chi connectivity index (χ3v) is 3.19. The summed E-state index contributed by atoms with van der Waals surface area (Å²) in [5.41, 5.74) is -0.388. The summed E-state index contributed by atoms with van der Waals surface area (Å²) >= 11 is 0. The molecule has 126 valence electrons. The molecule has 2 aromatic carbocycles. The van der Waals surface area contributed by atoms with Gasteiger partial charge >= 0.3 is 12.1 Å². The van der Waals surface area contributed by atoms with E-state index in [4.69, 9.17) is 4.74 Å². The maximum atomic E-state index is 12.7. The maximum Gasteiger partial charge on any atom is 0.416 e. The van der Waals surface area contributed by atoms with E-state index in [2.05, 4.69) is 4.74 Å². The van der Waals surface area contributed by atoms with Crippen molar-refractivity contribution in [2.24, 2.45) is 0 Å². The molecule has 0 amide bonds. The van der Waals surface area contributed by atoms with Gasteiger partial charge in [-0.3, -0.25) is 4.79 Å². The average molecular weight is 338 g/mol. The zero-order valence-electron chi connectivity index (χ0n) is 12.6. The standard InChI is InChI=1S/C17H13F3O4/c1-23-16(22)15(21)14-8-3-2-5-11(14)10-24-13-7-4-6-12(9-13)17(18,19)20/h2-9H,10H2,1H3. The van der Waals surface area contributed by atoms with Crippen LogP contribution in [0.15, 0.2) is 48.5 Å². The lowest BCUT2D eigenvalue weighted by molar-refractivity contribution is -0.137. The van der Waals surface area contributed by atoms with Crippen molar-refractivity contribution in [3.05, 3.63) is 65.2 Å². The average Bonchev–Trinajstić information content (AvgIpc) is 2.58. The summed E-state index contributed by atoms with van der Waals surface area (Å²) < 4.78 is 47.7. The lowest BCUT2D eigenvalue weighted by atomic mass is 10.0. The van der Waals surface area contributed by atoms with E-state index in [1.54, 1.807) is 18.2 Å². The van der Waals surface area contributed by atoms with Crippen LogP contribution >= 0.6 is 0 Å². The fraction of sp³-hybridized carbons (Fsp3) is 0.176. The molecule has 24 heavy (non-hydrogen) atoms. The number of methoxy groups -OCH3 is 1. The van der Waals surface area contributed by atoms with Gasteiger partial charge in [0.2, 0.25) is 0 Å². The van der Waals surface area contributed by atoms with Gasteiger partial charge in [-0.25, -0.2) is 4.79 Å². The Labute approximate surface area is 135 Å². The third kappa shape index (κ3) is 4.13. The molecule has 4 nitrogen and oxygen atoms in total. The van der Waals surface area contributed by atoms with Crippen LogP contribution in [-0.4, -0.2) is 18.9 Å². The van der Waals surface area contributed by atoms with E-state index in [9.17, 15) is 22.8 Å². The Balaban J connectivity index is 2.19. The topological polar surface area (TPSA) is 52.6 Å². The summed E-state index contributed by atoms with van der Waals surface area (Å²) in [6.07, 6.45) is -4.47. The number of benzene rings is 2. The van der Waals surface area contributed by atoms with Gasteiger partial charge in [0.1, 0.15) is 12.4 Å². The van der Waals surface area contributed by atoms with Crippen LogP contribution in [0.3, 0.4) is 0 Å². The first-order valence-corrected chi connectivity index (χ1v) is 6.83. The lowest BCUT2D eigenvalue weighted by Gasteiger charge is -2.12. The SMILES string of the molecule is COC(=O)C(=O)c1ccccc1COc1cccc(C(F)(F)F)c1. The molecule has 0 bridgehead atoms. The number of rotatable bonds is 5. The number of carbonyl (C=O) groups excluding carboxylic acids is 2. The fourth-order valence-corrected chi connectivity index (χ4v) is 1.99. The van der Waals surface area contributed by atoms with Crippen LogP contribution in [0.25, 0.3) is 0 Å². The van der Waals surface area contributed by atoms with Crippen molar-refractivity contribution in [2.45, 2.75) is 12.8 Å². The van der Waals surface area contributed by atoms with Crippen molar-refractivity contribution >= 4 is 11.8 Å². The molecule has 2 rings (SSSR count). The highest BCUT2D eigenvalue weighted by Gasteiger charge is 2.30. The van der Waals surface area contributed by atoms with E-state index in [-0.39, 0.29) is 17.9 Å². The van der Waals surface area contributed by atoms with Gasteiger partial charge in [0.25, 0.3) is 5.78 Å². The van der Waals surface area contributed by atoms with Crippen molar-refractivity contribution in [3.63, 3.8) is 0 Å². The maximum absolute atomic E-state index is 12.7. The lowest BCUT2D eigenvalue weighted by Crippen LogP contribution is -2.18. The van der Waals surface area contributed by atoms with Gasteiger partial charge < -0.3 is 9.47 Å². The predicted octanol–water partition coefficient (Wildman–Crippen LogP) is 3.64. The molecule has 0 saturated carbocycles. The largest absolute Gasteiger partial charge is 0.489 e. The molecule has 0 atom stereocenters. The fourth-order valence-electron chi connectivity index (χ4n) is 1.99. The number of ketones is 1. The minimum atomic E-state index is -4.47. The van der Waals surface area contributed by atoms with Gasteiger partial charge in [-0.1, -0.05) is 30.3 Å². The van der Waals surface area contributed by atoms with Crippen LogP contribution in [0.2, 0.25) is 0 Å². The first-order valence-electron chi connectivity index (χ1n) is 6.83. The van der Waals surface area contributed by atoms with Gasteiger partial charge in [-0.15, -0.1) is 0 Å². The quantitative estimate of drug-likeness (QED) is 0.474. The van der Waals surface area contributed by atoms with Crippen molar-refractivity contribution < 1.29 is 32.2 Å². The minimum Gasteiger partial charge on any atom is -0.489 e. The molecular formula is C17H13F3O4. The second-order valence-corrected chi connectivity index (χ2v) is 4.79. The summed E-state index contributed by atoms with van der Waals surface area (Å²) in [6, 6.07) is 10.5. The number of ether oxygens (including phenoxy) is 2. The molecule has 0 aliphatic heterocycles. The summed E-state index contributed by atoms with van der Waals surface area (Å²) in [6.45, 7) is -0.166. The molecule has 0 aromatic heterocycles. The molecule has 0 fully saturated rings. The highest BCUT2D eigenvalue weighted by atomic mass is 19.4. The van der Waals surface area contributed by atoms with Crippen molar-refractivity contribution in [2.75, 3.05) is 7.11 Å². The normalized spacial score (nSPS) is 11.0. The Morgan fingerprint density at radius 3 is 2.42 bits per heavy atom. The van der Waals surface area contributed by atoms with Gasteiger partial charge in [-0.05, 0) is 18.2 Å². The van der Waals surface area contributed by atoms with Crippen LogP contribution in [-0.2, 0) is 22.3 Å². The number of esters is 1. The summed E-state index contributed by atoms with van der Waals surface area (Å²) in [5.74, 6) is -1.87. The smallest absolute Gasteiger partial charge is 0.416 e. The van der Waals surface area contributed by atoms with Crippen molar-refractivity contribution in [3.8, 4) is 5.75 Å². The number of alkyl halides is 3. The molecule has 2 aromatic rings. The zero-order chi connectivity index (χ0) is 17.7. The zero-order valence-corrected chi connectivity index (χ0v) is 12.6. The van der Waals surface area contributed by atoms with Gasteiger partial charge in [0.05, 0.1) is 12.7 Å². The van der Waals surface area contributed by atoms with Crippen molar-refractivity contribution in [1.29, 1.82) is 0 Å². The molecule has 0 saturated heterocycles. The summed E-state index contributed by atoms with van der Waals surface area (Å²) in [4.78, 5) is 23.3. The number of hydrogen-bond donors (Lipinski definition) is 0. The van der Waals surface area contributed by atoms with Crippen LogP contribution in [0.1, 0.15) is 21.5 Å². The molecule has 7 heteroatoms. The highest BCUT2D eigenvalue weighted by molar-refractivity contribution is 6.40. The molecule has 0 unspecified atom stereocenters. The molecule has 0 heterocycles. The Morgan fingerprint density at radius 1 is 1.04 bits per heavy atom. The number of hydrogen-bond acceptors (Lipinski definition) is 4. The Kier molecular flexibility index (Phi) is 5.23. The Hall–Kier alpha value is -2.83. The molecule has 0 spiro atoms. The second kappa shape index (κ2) is 7.16. The van der Waals surface area contributed by atoms with Crippen LogP contribution in [0.4, 0.5) is 13.2 Å². The van der Waals surface area contributed by atoms with Crippen molar-refractivity contribution in [1.82, 2.24) is 0 Å². The molecule has 0 N–H and O–H groups in total. The van der Waals surface area contributed by atoms with Crippen LogP contribution < -0.4 is 4.74 Å². The van der Waals surface area contributed by atoms with E-state index in [0.29, 0.717) is 5.56 Å². The van der Waals surface area contributed by atoms with E-state index >= 15 is 0 Å². The molecule has 0 aliphatic rings. The molecule has 0 aliphatic carbocycles. The first-order chi connectivity index (χ1) is 11.3.